The van der Waals surface area contributed by atoms with Gasteiger partial charge in [0.2, 0.25) is 0 Å². The van der Waals surface area contributed by atoms with E-state index in [0.29, 0.717) is 0 Å². The molecule has 1 aliphatic rings. The zero-order valence-corrected chi connectivity index (χ0v) is 10.6. The molecule has 0 unspecified atom stereocenters. The number of rotatable bonds is 3. The molecule has 0 fully saturated rings. The van der Waals surface area contributed by atoms with Gasteiger partial charge in [-0.05, 0) is 13.0 Å². The molecule has 0 atom stereocenters. The maximum atomic E-state index is 12.5. The lowest BCUT2D eigenvalue weighted by Gasteiger charge is -2.10. The number of aromatic nitrogens is 2. The Labute approximate surface area is 115 Å². The molecular weight excluding hydrogens is 302 g/mol. The third-order valence-corrected chi connectivity index (χ3v) is 2.72. The highest BCUT2D eigenvalue weighted by atomic mass is 19.4. The minimum absolute atomic E-state index is 0.0900. The maximum Gasteiger partial charge on any atom is 0.435 e. The standard InChI is InChI=1S/C11H9F6N4/c1-6-2-9(11(15,16)17)20-21(6)5-7-4-18-19-8(7)3-10(12,13)14/h2,4H,3,5H2,1H3. The molecule has 0 saturated carbocycles. The van der Waals surface area contributed by atoms with Crippen molar-refractivity contribution in [2.75, 3.05) is 0 Å². The van der Waals surface area contributed by atoms with Crippen molar-refractivity contribution in [2.45, 2.75) is 32.2 Å². The number of halogens is 6. The molecule has 0 aromatic carbocycles. The highest BCUT2D eigenvalue weighted by Gasteiger charge is 2.35. The molecule has 1 radical (unpaired) electrons. The van der Waals surface area contributed by atoms with Crippen molar-refractivity contribution in [3.63, 3.8) is 0 Å². The van der Waals surface area contributed by atoms with Crippen LogP contribution in [0.5, 0.6) is 0 Å². The molecule has 1 aromatic heterocycles. The van der Waals surface area contributed by atoms with Crippen LogP contribution in [0.2, 0.25) is 0 Å². The average Bonchev–Trinajstić information content (AvgIpc) is 2.85. The lowest BCUT2D eigenvalue weighted by molar-refractivity contribution is -0.141. The van der Waals surface area contributed by atoms with Crippen LogP contribution in [0.25, 0.3) is 0 Å². The van der Waals surface area contributed by atoms with E-state index in [1.54, 1.807) is 0 Å². The van der Waals surface area contributed by atoms with Crippen molar-refractivity contribution in [3.05, 3.63) is 29.2 Å². The fourth-order valence-electron chi connectivity index (χ4n) is 1.75. The summed E-state index contributed by atoms with van der Waals surface area (Å²) in [4.78, 5) is 0. The van der Waals surface area contributed by atoms with E-state index in [1.807, 2.05) is 0 Å². The normalized spacial score (nSPS) is 15.8. The molecule has 0 bridgehead atoms. The Morgan fingerprint density at radius 2 is 1.81 bits per heavy atom. The quantitative estimate of drug-likeness (QED) is 0.791. The molecule has 0 amide bonds. The molecule has 1 aliphatic heterocycles. The van der Waals surface area contributed by atoms with Gasteiger partial charge in [-0.25, -0.2) is 0 Å². The minimum Gasteiger partial charge on any atom is -0.265 e. The van der Waals surface area contributed by atoms with Gasteiger partial charge in [0.15, 0.2) is 5.69 Å². The van der Waals surface area contributed by atoms with Crippen molar-refractivity contribution in [1.82, 2.24) is 15.2 Å². The number of nitrogens with zero attached hydrogens (tertiary/aromatic N) is 4. The van der Waals surface area contributed by atoms with Crippen LogP contribution in [-0.4, -0.2) is 21.7 Å². The van der Waals surface area contributed by atoms with Gasteiger partial charge in [0.05, 0.1) is 24.9 Å². The van der Waals surface area contributed by atoms with E-state index in [4.69, 9.17) is 0 Å². The SMILES string of the molecule is Cc1cc(C(F)(F)F)nn1CC1=C[N]N=C1CC(F)(F)F. The van der Waals surface area contributed by atoms with Gasteiger partial charge in [-0.2, -0.15) is 42.0 Å². The van der Waals surface area contributed by atoms with Crippen molar-refractivity contribution in [3.8, 4) is 0 Å². The van der Waals surface area contributed by atoms with Gasteiger partial charge in [-0.15, -0.1) is 0 Å². The highest BCUT2D eigenvalue weighted by Crippen LogP contribution is 2.29. The predicted octanol–water partition coefficient (Wildman–Crippen LogP) is 3.02. The summed E-state index contributed by atoms with van der Waals surface area (Å²) in [5.74, 6) is 0. The van der Waals surface area contributed by atoms with Crippen LogP contribution in [0.1, 0.15) is 17.8 Å². The molecule has 2 heterocycles. The van der Waals surface area contributed by atoms with Gasteiger partial charge in [0, 0.05) is 11.3 Å². The van der Waals surface area contributed by atoms with E-state index < -0.39 is 24.5 Å². The molecule has 2 rings (SSSR count). The van der Waals surface area contributed by atoms with E-state index in [2.05, 4.69) is 15.6 Å². The molecule has 115 valence electrons. The number of aryl methyl sites for hydroxylation is 1. The molecule has 10 heteroatoms. The molecule has 0 saturated heterocycles. The lowest BCUT2D eigenvalue weighted by Crippen LogP contribution is -2.18. The number of alkyl halides is 6. The topological polar surface area (TPSA) is 44.3 Å². The number of allylic oxidation sites excluding steroid dienone is 1. The molecule has 1 aromatic rings. The molecule has 0 aliphatic carbocycles. The minimum atomic E-state index is -4.60. The first kappa shape index (κ1) is 15.4. The number of hydrogen-bond donors (Lipinski definition) is 0. The second-order valence-corrected chi connectivity index (χ2v) is 4.43. The third kappa shape index (κ3) is 3.76. The first-order valence-electron chi connectivity index (χ1n) is 5.71. The van der Waals surface area contributed by atoms with Gasteiger partial charge in [-0.1, -0.05) is 0 Å². The van der Waals surface area contributed by atoms with Crippen LogP contribution in [0.4, 0.5) is 26.3 Å². The third-order valence-electron chi connectivity index (χ3n) is 2.72. The van der Waals surface area contributed by atoms with Crippen LogP contribution in [-0.2, 0) is 12.7 Å². The van der Waals surface area contributed by atoms with Crippen LogP contribution >= 0.6 is 0 Å². The van der Waals surface area contributed by atoms with Crippen molar-refractivity contribution >= 4 is 5.71 Å². The lowest BCUT2D eigenvalue weighted by atomic mass is 10.1. The van der Waals surface area contributed by atoms with Crippen LogP contribution < -0.4 is 5.43 Å². The Morgan fingerprint density at radius 3 is 2.33 bits per heavy atom. The Morgan fingerprint density at radius 1 is 1.14 bits per heavy atom. The molecule has 0 N–H and O–H groups in total. The van der Waals surface area contributed by atoms with Gasteiger partial charge in [0.1, 0.15) is 0 Å². The molecular formula is C11H9F6N4. The number of hydrogen-bond acceptors (Lipinski definition) is 2. The largest absolute Gasteiger partial charge is 0.435 e. The molecule has 4 nitrogen and oxygen atoms in total. The Kier molecular flexibility index (Phi) is 3.72. The second kappa shape index (κ2) is 5.08. The summed E-state index contributed by atoms with van der Waals surface area (Å²) >= 11 is 0. The Bertz CT molecular complexity index is 593. The van der Waals surface area contributed by atoms with Crippen molar-refractivity contribution < 1.29 is 26.3 Å². The second-order valence-electron chi connectivity index (χ2n) is 4.43. The van der Waals surface area contributed by atoms with E-state index >= 15 is 0 Å². The van der Waals surface area contributed by atoms with Crippen molar-refractivity contribution in [2.24, 2.45) is 5.10 Å². The van der Waals surface area contributed by atoms with Crippen LogP contribution in [0, 0.1) is 6.92 Å². The monoisotopic (exact) mass is 311 g/mol. The zero-order chi connectivity index (χ0) is 15.8. The van der Waals surface area contributed by atoms with E-state index in [9.17, 15) is 26.3 Å². The summed E-state index contributed by atoms with van der Waals surface area (Å²) in [6.45, 7) is 1.13. The van der Waals surface area contributed by atoms with Crippen LogP contribution in [0.3, 0.4) is 0 Å². The smallest absolute Gasteiger partial charge is 0.265 e. The summed E-state index contributed by atoms with van der Waals surface area (Å²) in [5, 5.41) is 6.70. The van der Waals surface area contributed by atoms with E-state index in [1.165, 1.54) is 6.92 Å². The summed E-state index contributed by atoms with van der Waals surface area (Å²) in [6, 6.07) is 0.827. The van der Waals surface area contributed by atoms with Crippen molar-refractivity contribution in [1.29, 1.82) is 0 Å². The summed E-state index contributed by atoms with van der Waals surface area (Å²) in [7, 11) is 0. The Balaban J connectivity index is 2.16. The first-order chi connectivity index (χ1) is 9.56. The summed E-state index contributed by atoms with van der Waals surface area (Å²) in [5.41, 5.74) is 2.24. The van der Waals surface area contributed by atoms with Gasteiger partial charge < -0.3 is 0 Å². The summed E-state index contributed by atoms with van der Waals surface area (Å²) < 4.78 is 75.5. The van der Waals surface area contributed by atoms with Gasteiger partial charge >= 0.3 is 12.4 Å². The first-order valence-corrected chi connectivity index (χ1v) is 5.71. The Hall–Kier alpha value is -2.00. The zero-order valence-electron chi connectivity index (χ0n) is 10.6. The van der Waals surface area contributed by atoms with E-state index in [-0.39, 0.29) is 23.5 Å². The maximum absolute atomic E-state index is 12.5. The predicted molar refractivity (Wildman–Crippen MR) is 60.3 cm³/mol. The fraction of sp³-hybridized carbons (Fsp3) is 0.455. The van der Waals surface area contributed by atoms with E-state index in [0.717, 1.165) is 16.9 Å². The van der Waals surface area contributed by atoms with Crippen LogP contribution in [0.15, 0.2) is 22.9 Å². The molecule has 21 heavy (non-hydrogen) atoms. The highest BCUT2D eigenvalue weighted by molar-refractivity contribution is 6.01. The van der Waals surface area contributed by atoms with Gasteiger partial charge in [-0.3, -0.25) is 4.68 Å². The average molecular weight is 311 g/mol. The summed E-state index contributed by atoms with van der Waals surface area (Å²) in [6.07, 6.45) is -9.26. The van der Waals surface area contributed by atoms with Gasteiger partial charge in [0.25, 0.3) is 0 Å². The fourth-order valence-corrected chi connectivity index (χ4v) is 1.75. The molecule has 0 spiro atoms.